The smallest absolute Gasteiger partial charge is 0.270 e. The van der Waals surface area contributed by atoms with Gasteiger partial charge in [-0.25, -0.2) is 9.37 Å². The molecule has 0 fully saturated rings. The van der Waals surface area contributed by atoms with Crippen molar-refractivity contribution in [3.05, 3.63) is 104 Å². The molecule has 0 saturated heterocycles. The molecule has 0 N–H and O–H groups in total. The Balaban J connectivity index is 1.75. The maximum atomic E-state index is 14.2. The summed E-state index contributed by atoms with van der Waals surface area (Å²) in [6, 6.07) is 16.6. The third-order valence-corrected chi connectivity index (χ3v) is 5.81. The number of halogens is 1. The summed E-state index contributed by atoms with van der Waals surface area (Å²) in [6.45, 7) is 1.62. The number of Topliss-reactive ketones (excluding diaryl/α,β-unsaturated/α-hetero) is 1. The van der Waals surface area contributed by atoms with Crippen LogP contribution in [0.1, 0.15) is 15.9 Å². The minimum Gasteiger partial charge on any atom is -0.293 e. The summed E-state index contributed by atoms with van der Waals surface area (Å²) in [5.74, 6) is -0.936. The molecule has 4 rings (SSSR count). The summed E-state index contributed by atoms with van der Waals surface area (Å²) >= 11 is 1.01. The second-order valence-corrected chi connectivity index (χ2v) is 7.95. The molecule has 3 aromatic carbocycles. The third-order valence-electron chi connectivity index (χ3n) is 4.87. The molecule has 32 heavy (non-hydrogen) atoms. The van der Waals surface area contributed by atoms with Crippen LogP contribution in [0.25, 0.3) is 16.6 Å². The summed E-state index contributed by atoms with van der Waals surface area (Å²) in [4.78, 5) is 40.8. The second-order valence-electron chi connectivity index (χ2n) is 7.00. The van der Waals surface area contributed by atoms with Gasteiger partial charge >= 0.3 is 0 Å². The van der Waals surface area contributed by atoms with Gasteiger partial charge in [-0.05, 0) is 36.8 Å². The second kappa shape index (κ2) is 8.72. The Labute approximate surface area is 185 Å². The van der Waals surface area contributed by atoms with E-state index in [1.54, 1.807) is 43.3 Å². The third kappa shape index (κ3) is 4.15. The molecule has 0 aliphatic heterocycles. The van der Waals surface area contributed by atoms with Crippen molar-refractivity contribution in [2.75, 3.05) is 5.75 Å². The van der Waals surface area contributed by atoms with Crippen molar-refractivity contribution in [1.29, 1.82) is 0 Å². The lowest BCUT2D eigenvalue weighted by Gasteiger charge is -2.13. The number of aryl methyl sites for hydroxylation is 1. The molecule has 1 heterocycles. The van der Waals surface area contributed by atoms with E-state index in [0.717, 1.165) is 11.8 Å². The molecule has 0 saturated carbocycles. The van der Waals surface area contributed by atoms with Crippen LogP contribution in [0.4, 0.5) is 10.1 Å². The van der Waals surface area contributed by atoms with E-state index in [-0.39, 0.29) is 33.5 Å². The summed E-state index contributed by atoms with van der Waals surface area (Å²) in [7, 11) is 0. The van der Waals surface area contributed by atoms with Gasteiger partial charge in [-0.15, -0.1) is 0 Å². The van der Waals surface area contributed by atoms with Gasteiger partial charge < -0.3 is 0 Å². The summed E-state index contributed by atoms with van der Waals surface area (Å²) in [5, 5.41) is 11.6. The maximum Gasteiger partial charge on any atom is 0.270 e. The van der Waals surface area contributed by atoms with Gasteiger partial charge in [0.1, 0.15) is 5.82 Å². The van der Waals surface area contributed by atoms with Crippen molar-refractivity contribution in [3.8, 4) is 5.69 Å². The van der Waals surface area contributed by atoms with Crippen molar-refractivity contribution in [1.82, 2.24) is 9.55 Å². The Bertz CT molecular complexity index is 1430. The molecule has 1 aromatic heterocycles. The fraction of sp³-hybridized carbons (Fsp3) is 0.0870. The van der Waals surface area contributed by atoms with E-state index in [2.05, 4.69) is 4.98 Å². The predicted molar refractivity (Wildman–Crippen MR) is 120 cm³/mol. The van der Waals surface area contributed by atoms with Crippen molar-refractivity contribution < 1.29 is 14.1 Å². The average molecular weight is 449 g/mol. The normalized spacial score (nSPS) is 10.9. The molecule has 4 aromatic rings. The summed E-state index contributed by atoms with van der Waals surface area (Å²) in [6.07, 6.45) is 0. The van der Waals surface area contributed by atoms with Gasteiger partial charge in [-0.1, -0.05) is 42.1 Å². The summed E-state index contributed by atoms with van der Waals surface area (Å²) in [5.41, 5.74) is 0.794. The first-order valence-electron chi connectivity index (χ1n) is 9.54. The lowest BCUT2D eigenvalue weighted by Crippen LogP contribution is -2.22. The van der Waals surface area contributed by atoms with Gasteiger partial charge in [0.2, 0.25) is 0 Å². The number of carbonyl (C=O) groups is 1. The van der Waals surface area contributed by atoms with Crippen LogP contribution in [-0.2, 0) is 0 Å². The zero-order chi connectivity index (χ0) is 22.8. The van der Waals surface area contributed by atoms with Crippen LogP contribution >= 0.6 is 11.8 Å². The van der Waals surface area contributed by atoms with Gasteiger partial charge in [-0.3, -0.25) is 24.3 Å². The molecule has 0 aliphatic rings. The van der Waals surface area contributed by atoms with Crippen molar-refractivity contribution in [3.63, 3.8) is 0 Å². The Morgan fingerprint density at radius 2 is 1.91 bits per heavy atom. The number of benzene rings is 3. The fourth-order valence-electron chi connectivity index (χ4n) is 3.16. The maximum absolute atomic E-state index is 14.2. The number of hydrogen-bond donors (Lipinski definition) is 0. The Kier molecular flexibility index (Phi) is 5.83. The number of non-ortho nitro benzene ring substituents is 1. The van der Waals surface area contributed by atoms with Crippen LogP contribution < -0.4 is 5.56 Å². The van der Waals surface area contributed by atoms with Crippen LogP contribution in [0.3, 0.4) is 0 Å². The summed E-state index contributed by atoms with van der Waals surface area (Å²) < 4.78 is 15.5. The molecule has 0 unspecified atom stereocenters. The number of nitrogens with zero attached hydrogens (tertiary/aromatic N) is 3. The number of fused-ring (bicyclic) bond motifs is 1. The standard InChI is InChI=1S/C23H16FN3O4S/c1-14-9-10-16(12-19(14)24)26-22(29)18-7-2-3-8-20(18)25-23(26)32-13-21(28)15-5-4-6-17(11-15)27(30)31/h2-12H,13H2,1H3. The van der Waals surface area contributed by atoms with E-state index in [4.69, 9.17) is 0 Å². The van der Waals surface area contributed by atoms with Gasteiger partial charge in [0.05, 0.1) is 27.3 Å². The first-order valence-corrected chi connectivity index (χ1v) is 10.5. The van der Waals surface area contributed by atoms with Gasteiger partial charge in [-0.2, -0.15) is 0 Å². The number of aromatic nitrogens is 2. The van der Waals surface area contributed by atoms with Crippen LogP contribution in [0.5, 0.6) is 0 Å². The molecule has 0 bridgehead atoms. The van der Waals surface area contributed by atoms with Crippen LogP contribution in [0, 0.1) is 22.9 Å². The fourth-order valence-corrected chi connectivity index (χ4v) is 4.07. The number of rotatable bonds is 6. The highest BCUT2D eigenvalue weighted by molar-refractivity contribution is 7.99. The SMILES string of the molecule is Cc1ccc(-n2c(SCC(=O)c3cccc([N+](=O)[O-])c3)nc3ccccc3c2=O)cc1F. The number of nitro benzene ring substituents is 1. The minimum atomic E-state index is -0.571. The zero-order valence-electron chi connectivity index (χ0n) is 16.8. The average Bonchev–Trinajstić information content (AvgIpc) is 2.79. The van der Waals surface area contributed by atoms with Crippen molar-refractivity contribution in [2.45, 2.75) is 12.1 Å². The highest BCUT2D eigenvalue weighted by atomic mass is 32.2. The topological polar surface area (TPSA) is 95.1 Å². The lowest BCUT2D eigenvalue weighted by atomic mass is 10.1. The molecular weight excluding hydrogens is 433 g/mol. The zero-order valence-corrected chi connectivity index (χ0v) is 17.6. The molecule has 160 valence electrons. The number of ketones is 1. The van der Waals surface area contributed by atoms with Crippen molar-refractivity contribution >= 4 is 34.1 Å². The molecule has 0 spiro atoms. The van der Waals surface area contributed by atoms with E-state index < -0.39 is 10.7 Å². The van der Waals surface area contributed by atoms with Gasteiger partial charge in [0, 0.05) is 17.7 Å². The predicted octanol–water partition coefficient (Wildman–Crippen LogP) is 4.72. The van der Waals surface area contributed by atoms with Crippen LogP contribution in [0.2, 0.25) is 0 Å². The Morgan fingerprint density at radius 3 is 2.66 bits per heavy atom. The van der Waals surface area contributed by atoms with Crippen LogP contribution in [-0.4, -0.2) is 26.0 Å². The molecule has 0 amide bonds. The molecule has 0 aliphatic carbocycles. The number of carbonyl (C=O) groups excluding carboxylic acids is 1. The Hall–Kier alpha value is -3.85. The van der Waals surface area contributed by atoms with E-state index in [0.29, 0.717) is 22.2 Å². The lowest BCUT2D eigenvalue weighted by molar-refractivity contribution is -0.384. The van der Waals surface area contributed by atoms with E-state index in [9.17, 15) is 24.1 Å². The monoisotopic (exact) mass is 449 g/mol. The number of nitro groups is 1. The molecule has 0 atom stereocenters. The van der Waals surface area contributed by atoms with E-state index in [1.807, 2.05) is 0 Å². The van der Waals surface area contributed by atoms with Crippen molar-refractivity contribution in [2.24, 2.45) is 0 Å². The number of thioether (sulfide) groups is 1. The Morgan fingerprint density at radius 1 is 1.12 bits per heavy atom. The number of hydrogen-bond acceptors (Lipinski definition) is 6. The first kappa shape index (κ1) is 21.4. The first-order chi connectivity index (χ1) is 15.3. The van der Waals surface area contributed by atoms with E-state index in [1.165, 1.54) is 34.9 Å². The number of para-hydroxylation sites is 1. The molecule has 0 radical (unpaired) electrons. The molecular formula is C23H16FN3O4S. The highest BCUT2D eigenvalue weighted by Crippen LogP contribution is 2.24. The highest BCUT2D eigenvalue weighted by Gasteiger charge is 2.17. The molecule has 7 nitrogen and oxygen atoms in total. The minimum absolute atomic E-state index is 0.111. The largest absolute Gasteiger partial charge is 0.293 e. The van der Waals surface area contributed by atoms with Crippen LogP contribution in [0.15, 0.2) is 76.7 Å². The van der Waals surface area contributed by atoms with Gasteiger partial charge in [0.15, 0.2) is 10.9 Å². The van der Waals surface area contributed by atoms with Gasteiger partial charge in [0.25, 0.3) is 11.2 Å². The quantitative estimate of drug-likeness (QED) is 0.139. The van der Waals surface area contributed by atoms with E-state index >= 15 is 0 Å². The molecule has 9 heteroatoms.